The maximum Gasteiger partial charge on any atom is 0.331 e. The van der Waals surface area contributed by atoms with Crippen LogP contribution in [0.5, 0.6) is 0 Å². The second-order valence-corrected chi connectivity index (χ2v) is 3.91. The zero-order valence-electron chi connectivity index (χ0n) is 9.30. The summed E-state index contributed by atoms with van der Waals surface area (Å²) < 4.78 is 0. The minimum atomic E-state index is -1.30. The van der Waals surface area contributed by atoms with Crippen LogP contribution in [-0.4, -0.2) is 22.2 Å². The second kappa shape index (κ2) is 4.82. The molecule has 0 saturated heterocycles. The van der Waals surface area contributed by atoms with E-state index in [1.165, 1.54) is 6.08 Å². The fraction of sp³-hybridized carbons (Fsp3) is 0.231. The van der Waals surface area contributed by atoms with Gasteiger partial charge in [-0.05, 0) is 6.42 Å². The van der Waals surface area contributed by atoms with Crippen molar-refractivity contribution in [3.05, 3.63) is 49.1 Å². The van der Waals surface area contributed by atoms with Crippen molar-refractivity contribution in [3.8, 4) is 0 Å². The SMILES string of the molecule is C=CC1(C(C(=C)C(=O)O)C(=O)O)C=CC=CC1. The molecular formula is C13H14O4. The molecule has 0 aromatic heterocycles. The Hall–Kier alpha value is -2.10. The summed E-state index contributed by atoms with van der Waals surface area (Å²) >= 11 is 0. The molecule has 90 valence electrons. The Morgan fingerprint density at radius 3 is 2.35 bits per heavy atom. The molecule has 0 heterocycles. The normalized spacial score (nSPS) is 24.0. The van der Waals surface area contributed by atoms with Crippen LogP contribution in [0.3, 0.4) is 0 Å². The van der Waals surface area contributed by atoms with Crippen LogP contribution < -0.4 is 0 Å². The van der Waals surface area contributed by atoms with Crippen molar-refractivity contribution in [2.24, 2.45) is 11.3 Å². The van der Waals surface area contributed by atoms with E-state index in [0.717, 1.165) is 0 Å². The number of hydrogen-bond donors (Lipinski definition) is 2. The molecule has 2 atom stereocenters. The largest absolute Gasteiger partial charge is 0.481 e. The molecule has 2 unspecified atom stereocenters. The highest BCUT2D eigenvalue weighted by atomic mass is 16.4. The predicted molar refractivity (Wildman–Crippen MR) is 63.4 cm³/mol. The fourth-order valence-corrected chi connectivity index (χ4v) is 1.96. The summed E-state index contributed by atoms with van der Waals surface area (Å²) in [5, 5.41) is 18.1. The molecule has 0 spiro atoms. The quantitative estimate of drug-likeness (QED) is 0.563. The Kier molecular flexibility index (Phi) is 3.68. The van der Waals surface area contributed by atoms with Gasteiger partial charge in [-0.3, -0.25) is 4.79 Å². The Balaban J connectivity index is 3.21. The average Bonchev–Trinajstić information content (AvgIpc) is 2.29. The molecule has 4 heteroatoms. The number of allylic oxidation sites excluding steroid dienone is 5. The molecule has 17 heavy (non-hydrogen) atoms. The number of rotatable bonds is 5. The minimum Gasteiger partial charge on any atom is -0.481 e. The maximum absolute atomic E-state index is 11.3. The highest BCUT2D eigenvalue weighted by Crippen LogP contribution is 2.41. The third kappa shape index (κ3) is 2.36. The Morgan fingerprint density at radius 1 is 1.35 bits per heavy atom. The van der Waals surface area contributed by atoms with Gasteiger partial charge in [0.05, 0.1) is 0 Å². The van der Waals surface area contributed by atoms with Crippen molar-refractivity contribution in [3.63, 3.8) is 0 Å². The first-order valence-electron chi connectivity index (χ1n) is 5.07. The van der Waals surface area contributed by atoms with Gasteiger partial charge in [-0.2, -0.15) is 0 Å². The van der Waals surface area contributed by atoms with Crippen LogP contribution in [0.4, 0.5) is 0 Å². The van der Waals surface area contributed by atoms with Crippen molar-refractivity contribution in [1.82, 2.24) is 0 Å². The van der Waals surface area contributed by atoms with Crippen LogP contribution >= 0.6 is 0 Å². The van der Waals surface area contributed by atoms with Crippen LogP contribution in [0.1, 0.15) is 6.42 Å². The lowest BCUT2D eigenvalue weighted by Gasteiger charge is -2.33. The molecule has 0 bridgehead atoms. The molecule has 2 N–H and O–H groups in total. The summed E-state index contributed by atoms with van der Waals surface area (Å²) in [5.74, 6) is -3.72. The number of carboxylic acid groups (broad SMARTS) is 2. The first-order valence-corrected chi connectivity index (χ1v) is 5.07. The van der Waals surface area contributed by atoms with E-state index in [4.69, 9.17) is 5.11 Å². The fourth-order valence-electron chi connectivity index (χ4n) is 1.96. The molecule has 1 aliphatic carbocycles. The van der Waals surface area contributed by atoms with E-state index in [2.05, 4.69) is 13.2 Å². The topological polar surface area (TPSA) is 74.6 Å². The van der Waals surface area contributed by atoms with Gasteiger partial charge in [0.1, 0.15) is 5.92 Å². The average molecular weight is 234 g/mol. The van der Waals surface area contributed by atoms with Crippen LogP contribution in [0, 0.1) is 11.3 Å². The highest BCUT2D eigenvalue weighted by Gasteiger charge is 2.42. The van der Waals surface area contributed by atoms with Crippen LogP contribution in [0.2, 0.25) is 0 Å². The van der Waals surface area contributed by atoms with E-state index in [1.54, 1.807) is 24.3 Å². The van der Waals surface area contributed by atoms with Gasteiger partial charge < -0.3 is 10.2 Å². The minimum absolute atomic E-state index is 0.336. The maximum atomic E-state index is 11.3. The molecule has 0 fully saturated rings. The number of carbonyl (C=O) groups is 2. The van der Waals surface area contributed by atoms with Crippen molar-refractivity contribution in [2.45, 2.75) is 6.42 Å². The van der Waals surface area contributed by atoms with Crippen molar-refractivity contribution in [2.75, 3.05) is 0 Å². The van der Waals surface area contributed by atoms with Crippen molar-refractivity contribution in [1.29, 1.82) is 0 Å². The van der Waals surface area contributed by atoms with Crippen molar-refractivity contribution >= 4 is 11.9 Å². The molecule has 1 aliphatic rings. The highest BCUT2D eigenvalue weighted by molar-refractivity contribution is 5.94. The van der Waals surface area contributed by atoms with E-state index < -0.39 is 23.3 Å². The summed E-state index contributed by atoms with van der Waals surface area (Å²) in [4.78, 5) is 22.2. The van der Waals surface area contributed by atoms with Gasteiger partial charge in [0, 0.05) is 11.0 Å². The van der Waals surface area contributed by atoms with Gasteiger partial charge in [-0.1, -0.05) is 37.0 Å². The Labute approximate surface area is 99.3 Å². The van der Waals surface area contributed by atoms with Gasteiger partial charge in [0.2, 0.25) is 0 Å². The monoisotopic (exact) mass is 234 g/mol. The Bertz CT molecular complexity index is 431. The smallest absolute Gasteiger partial charge is 0.331 e. The lowest BCUT2D eigenvalue weighted by Crippen LogP contribution is -2.36. The molecule has 0 saturated carbocycles. The summed E-state index contributed by atoms with van der Waals surface area (Å²) in [7, 11) is 0. The van der Waals surface area contributed by atoms with Gasteiger partial charge in [-0.25, -0.2) is 4.79 Å². The van der Waals surface area contributed by atoms with E-state index in [0.29, 0.717) is 6.42 Å². The van der Waals surface area contributed by atoms with Gasteiger partial charge in [0.25, 0.3) is 0 Å². The van der Waals surface area contributed by atoms with E-state index in [9.17, 15) is 14.7 Å². The van der Waals surface area contributed by atoms with Crippen LogP contribution in [-0.2, 0) is 9.59 Å². The molecule has 0 aromatic rings. The molecule has 0 radical (unpaired) electrons. The number of carboxylic acids is 2. The summed E-state index contributed by atoms with van der Waals surface area (Å²) in [5.41, 5.74) is -1.26. The molecule has 0 aliphatic heterocycles. The lowest BCUT2D eigenvalue weighted by molar-refractivity contribution is -0.146. The van der Waals surface area contributed by atoms with E-state index in [1.807, 2.05) is 0 Å². The number of hydrogen-bond acceptors (Lipinski definition) is 2. The molecule has 0 aromatic carbocycles. The van der Waals surface area contributed by atoms with Gasteiger partial charge >= 0.3 is 11.9 Å². The zero-order valence-corrected chi connectivity index (χ0v) is 9.30. The molecular weight excluding hydrogens is 220 g/mol. The van der Waals surface area contributed by atoms with Crippen LogP contribution in [0.15, 0.2) is 49.1 Å². The molecule has 4 nitrogen and oxygen atoms in total. The van der Waals surface area contributed by atoms with Crippen molar-refractivity contribution < 1.29 is 19.8 Å². The Morgan fingerprint density at radius 2 is 2.00 bits per heavy atom. The number of aliphatic carboxylic acids is 2. The predicted octanol–water partition coefficient (Wildman–Crippen LogP) is 2.02. The standard InChI is InChI=1S/C13H14O4/c1-3-13(7-5-4-6-8-13)10(12(16)17)9(2)11(14)15/h3-7,10H,1-2,8H2,(H,14,15)(H,16,17). The molecule has 0 amide bonds. The second-order valence-electron chi connectivity index (χ2n) is 3.91. The third-order valence-corrected chi connectivity index (χ3v) is 2.91. The van der Waals surface area contributed by atoms with Crippen LogP contribution in [0.25, 0.3) is 0 Å². The summed E-state index contributed by atoms with van der Waals surface area (Å²) in [6.45, 7) is 6.98. The van der Waals surface area contributed by atoms with Gasteiger partial charge in [-0.15, -0.1) is 6.58 Å². The lowest BCUT2D eigenvalue weighted by atomic mass is 9.68. The van der Waals surface area contributed by atoms with Gasteiger partial charge in [0.15, 0.2) is 0 Å². The van der Waals surface area contributed by atoms with E-state index >= 15 is 0 Å². The first-order chi connectivity index (χ1) is 7.94. The summed E-state index contributed by atoms with van der Waals surface area (Å²) in [6, 6.07) is 0. The molecule has 1 rings (SSSR count). The first kappa shape index (κ1) is 13.0. The van der Waals surface area contributed by atoms with E-state index in [-0.39, 0.29) is 5.57 Å². The zero-order chi connectivity index (χ0) is 13.1. The third-order valence-electron chi connectivity index (χ3n) is 2.91. The summed E-state index contributed by atoms with van der Waals surface area (Å²) in [6.07, 6.45) is 8.79.